The third kappa shape index (κ3) is 3.14. The molecule has 0 aliphatic carbocycles. The molecule has 23 heavy (non-hydrogen) atoms. The Kier molecular flexibility index (Phi) is 4.20. The molecule has 0 spiro atoms. The Morgan fingerprint density at radius 1 is 1.30 bits per heavy atom. The lowest BCUT2D eigenvalue weighted by molar-refractivity contribution is 0.406. The summed E-state index contributed by atoms with van der Waals surface area (Å²) < 4.78 is 33.2. The number of nitrogens with one attached hydrogen (secondary N) is 1. The van der Waals surface area contributed by atoms with Gasteiger partial charge in [-0.25, -0.2) is 13.5 Å². The Labute approximate surface area is 131 Å². The zero-order valence-electron chi connectivity index (χ0n) is 12.8. The van der Waals surface area contributed by atoms with Crippen molar-refractivity contribution < 1.29 is 13.3 Å². The van der Waals surface area contributed by atoms with Crippen LogP contribution in [0, 0.1) is 18.6 Å². The Hall–Kier alpha value is -2.54. The summed E-state index contributed by atoms with van der Waals surface area (Å²) in [5, 5.41) is 11.4. The average molecular weight is 318 g/mol. The third-order valence-corrected chi connectivity index (χ3v) is 3.73. The predicted molar refractivity (Wildman–Crippen MR) is 80.0 cm³/mol. The molecule has 3 aromatic rings. The summed E-state index contributed by atoms with van der Waals surface area (Å²) in [5.74, 6) is -1.26. The van der Waals surface area contributed by atoms with Gasteiger partial charge in [0, 0.05) is 36.0 Å². The lowest BCUT2D eigenvalue weighted by Crippen LogP contribution is -2.18. The Morgan fingerprint density at radius 3 is 2.83 bits per heavy atom. The van der Waals surface area contributed by atoms with Crippen LogP contribution >= 0.6 is 0 Å². The minimum Gasteiger partial charge on any atom is -0.364 e. The zero-order valence-corrected chi connectivity index (χ0v) is 12.8. The van der Waals surface area contributed by atoms with Crippen LogP contribution in [0.25, 0.3) is 5.69 Å². The van der Waals surface area contributed by atoms with E-state index in [1.54, 1.807) is 12.3 Å². The largest absolute Gasteiger partial charge is 0.364 e. The van der Waals surface area contributed by atoms with Crippen LogP contribution in [0.4, 0.5) is 8.78 Å². The Morgan fingerprint density at radius 2 is 2.13 bits per heavy atom. The SMILES string of the molecule is Cc1c([C@H](C)NCc2ccon2)cnn1-c1ccc(F)cc1F. The summed E-state index contributed by atoms with van der Waals surface area (Å²) in [6.45, 7) is 4.38. The molecule has 0 saturated heterocycles. The van der Waals surface area contributed by atoms with Gasteiger partial charge in [-0.3, -0.25) is 0 Å². The number of hydrogen-bond donors (Lipinski definition) is 1. The van der Waals surface area contributed by atoms with Crippen molar-refractivity contribution in [1.29, 1.82) is 0 Å². The van der Waals surface area contributed by atoms with E-state index in [1.165, 1.54) is 23.1 Å². The highest BCUT2D eigenvalue weighted by Gasteiger charge is 2.16. The fourth-order valence-electron chi connectivity index (χ4n) is 2.44. The van der Waals surface area contributed by atoms with E-state index in [9.17, 15) is 8.78 Å². The van der Waals surface area contributed by atoms with Gasteiger partial charge >= 0.3 is 0 Å². The Balaban J connectivity index is 1.81. The molecule has 7 heteroatoms. The molecule has 0 radical (unpaired) electrons. The van der Waals surface area contributed by atoms with E-state index in [1.807, 2.05) is 13.8 Å². The second-order valence-corrected chi connectivity index (χ2v) is 5.29. The fraction of sp³-hybridized carbons (Fsp3) is 0.250. The summed E-state index contributed by atoms with van der Waals surface area (Å²) in [6.07, 6.45) is 3.20. The minimum absolute atomic E-state index is 0.0102. The second-order valence-electron chi connectivity index (χ2n) is 5.29. The van der Waals surface area contributed by atoms with Crippen molar-refractivity contribution in [1.82, 2.24) is 20.3 Å². The highest BCUT2D eigenvalue weighted by atomic mass is 19.1. The van der Waals surface area contributed by atoms with Gasteiger partial charge in [-0.05, 0) is 26.0 Å². The minimum atomic E-state index is -0.647. The molecule has 1 N–H and O–H groups in total. The number of halogens is 2. The molecule has 5 nitrogen and oxygen atoms in total. The molecule has 0 amide bonds. The maximum Gasteiger partial charge on any atom is 0.151 e. The molecule has 1 aromatic carbocycles. The lowest BCUT2D eigenvalue weighted by atomic mass is 10.1. The van der Waals surface area contributed by atoms with Crippen molar-refractivity contribution in [2.24, 2.45) is 0 Å². The summed E-state index contributed by atoms with van der Waals surface area (Å²) in [5.41, 5.74) is 2.73. The highest BCUT2D eigenvalue weighted by Crippen LogP contribution is 2.22. The first kappa shape index (κ1) is 15.4. The van der Waals surface area contributed by atoms with E-state index in [-0.39, 0.29) is 11.7 Å². The molecule has 0 bridgehead atoms. The molecule has 0 fully saturated rings. The first-order chi connectivity index (χ1) is 11.1. The highest BCUT2D eigenvalue weighted by molar-refractivity contribution is 5.37. The van der Waals surface area contributed by atoms with Crippen LogP contribution < -0.4 is 5.32 Å². The number of nitrogens with zero attached hydrogens (tertiary/aromatic N) is 3. The second kappa shape index (κ2) is 6.29. The van der Waals surface area contributed by atoms with Gasteiger partial charge in [0.2, 0.25) is 0 Å². The number of aromatic nitrogens is 3. The number of benzene rings is 1. The van der Waals surface area contributed by atoms with Gasteiger partial charge in [0.05, 0.1) is 11.9 Å². The van der Waals surface area contributed by atoms with Gasteiger partial charge in [-0.1, -0.05) is 5.16 Å². The van der Waals surface area contributed by atoms with Crippen LogP contribution in [0.5, 0.6) is 0 Å². The molecule has 120 valence electrons. The molecule has 0 aliphatic rings. The maximum absolute atomic E-state index is 13.9. The van der Waals surface area contributed by atoms with Crippen LogP contribution in [0.1, 0.15) is 29.9 Å². The zero-order chi connectivity index (χ0) is 16.4. The number of hydrogen-bond acceptors (Lipinski definition) is 4. The van der Waals surface area contributed by atoms with Gasteiger partial charge in [0.15, 0.2) is 5.82 Å². The lowest BCUT2D eigenvalue weighted by Gasteiger charge is -2.13. The van der Waals surface area contributed by atoms with E-state index >= 15 is 0 Å². The third-order valence-electron chi connectivity index (χ3n) is 3.73. The molecule has 0 unspecified atom stereocenters. The first-order valence-corrected chi connectivity index (χ1v) is 7.19. The van der Waals surface area contributed by atoms with Crippen LogP contribution in [0.15, 0.2) is 41.2 Å². The molecular formula is C16H16F2N4O. The predicted octanol–water partition coefficient (Wildman–Crippen LogP) is 3.30. The summed E-state index contributed by atoms with van der Waals surface area (Å²) in [4.78, 5) is 0. The topological polar surface area (TPSA) is 55.9 Å². The van der Waals surface area contributed by atoms with Crippen LogP contribution in [-0.4, -0.2) is 14.9 Å². The van der Waals surface area contributed by atoms with Crippen molar-refractivity contribution in [3.05, 3.63) is 65.3 Å². The summed E-state index contributed by atoms with van der Waals surface area (Å²) >= 11 is 0. The normalized spacial score (nSPS) is 12.5. The van der Waals surface area contributed by atoms with E-state index in [4.69, 9.17) is 4.52 Å². The van der Waals surface area contributed by atoms with E-state index in [2.05, 4.69) is 15.6 Å². The molecule has 0 aliphatic heterocycles. The van der Waals surface area contributed by atoms with Crippen molar-refractivity contribution in [3.63, 3.8) is 0 Å². The van der Waals surface area contributed by atoms with Crippen LogP contribution in [-0.2, 0) is 6.54 Å². The summed E-state index contributed by atoms with van der Waals surface area (Å²) in [7, 11) is 0. The van der Waals surface area contributed by atoms with Gasteiger partial charge in [-0.2, -0.15) is 5.10 Å². The van der Waals surface area contributed by atoms with Gasteiger partial charge in [-0.15, -0.1) is 0 Å². The first-order valence-electron chi connectivity index (χ1n) is 7.19. The quantitative estimate of drug-likeness (QED) is 0.784. The number of rotatable bonds is 5. The maximum atomic E-state index is 13.9. The van der Waals surface area contributed by atoms with Gasteiger partial charge in [0.25, 0.3) is 0 Å². The smallest absolute Gasteiger partial charge is 0.151 e. The van der Waals surface area contributed by atoms with Crippen molar-refractivity contribution in [2.45, 2.75) is 26.4 Å². The standard InChI is InChI=1S/C16H16F2N4O/c1-10(19-8-13-5-6-23-21-13)14-9-20-22(11(14)2)16-4-3-12(17)7-15(16)18/h3-7,9-10,19H,8H2,1-2H3/t10-/m0/s1. The van der Waals surface area contributed by atoms with Crippen molar-refractivity contribution in [3.8, 4) is 5.69 Å². The monoisotopic (exact) mass is 318 g/mol. The molecule has 0 saturated carbocycles. The van der Waals surface area contributed by atoms with E-state index in [0.717, 1.165) is 23.0 Å². The average Bonchev–Trinajstić information content (AvgIpc) is 3.15. The summed E-state index contributed by atoms with van der Waals surface area (Å²) in [6, 6.07) is 5.21. The Bertz CT molecular complexity index is 799. The van der Waals surface area contributed by atoms with Crippen molar-refractivity contribution in [2.75, 3.05) is 0 Å². The molecule has 1 atom stereocenters. The van der Waals surface area contributed by atoms with E-state index < -0.39 is 11.6 Å². The fourth-order valence-corrected chi connectivity index (χ4v) is 2.44. The van der Waals surface area contributed by atoms with Crippen LogP contribution in [0.3, 0.4) is 0 Å². The van der Waals surface area contributed by atoms with Gasteiger partial charge in [0.1, 0.15) is 17.8 Å². The molecular weight excluding hydrogens is 302 g/mol. The van der Waals surface area contributed by atoms with Crippen LogP contribution in [0.2, 0.25) is 0 Å². The van der Waals surface area contributed by atoms with E-state index in [0.29, 0.717) is 6.54 Å². The van der Waals surface area contributed by atoms with Crippen molar-refractivity contribution >= 4 is 0 Å². The molecule has 2 aromatic heterocycles. The van der Waals surface area contributed by atoms with Gasteiger partial charge < -0.3 is 9.84 Å². The molecule has 3 rings (SSSR count). The molecule has 2 heterocycles.